The van der Waals surface area contributed by atoms with Gasteiger partial charge in [-0.05, 0) is 6.42 Å². The summed E-state index contributed by atoms with van der Waals surface area (Å²) in [6, 6.07) is 0. The molecular weight excluding hydrogens is 216 g/mol. The quantitative estimate of drug-likeness (QED) is 0.432. The zero-order valence-electron chi connectivity index (χ0n) is 11.2. The molecule has 0 aromatic carbocycles. The normalized spacial score (nSPS) is 10.2. The van der Waals surface area contributed by atoms with E-state index in [9.17, 15) is 4.79 Å². The molecule has 4 heteroatoms. The van der Waals surface area contributed by atoms with Crippen molar-refractivity contribution in [2.24, 2.45) is 5.90 Å². The first-order valence-corrected chi connectivity index (χ1v) is 6.95. The molecule has 102 valence electrons. The van der Waals surface area contributed by atoms with Crippen molar-refractivity contribution in [3.8, 4) is 0 Å². The van der Waals surface area contributed by atoms with Gasteiger partial charge in [0.2, 0.25) is 0 Å². The predicted molar refractivity (Wildman–Crippen MR) is 70.5 cm³/mol. The van der Waals surface area contributed by atoms with E-state index >= 15 is 0 Å². The molecule has 1 amide bonds. The van der Waals surface area contributed by atoms with Crippen molar-refractivity contribution >= 4 is 6.09 Å². The van der Waals surface area contributed by atoms with E-state index in [1.54, 1.807) is 0 Å². The van der Waals surface area contributed by atoms with Crippen molar-refractivity contribution in [2.45, 2.75) is 71.1 Å². The van der Waals surface area contributed by atoms with E-state index in [1.165, 1.54) is 57.8 Å². The maximum atomic E-state index is 10.6. The van der Waals surface area contributed by atoms with Crippen molar-refractivity contribution < 1.29 is 9.63 Å². The SMILES string of the molecule is CCCCCCCCCCCCNC(=O)ON. The Labute approximate surface area is 105 Å². The van der Waals surface area contributed by atoms with Gasteiger partial charge in [-0.3, -0.25) is 0 Å². The van der Waals surface area contributed by atoms with Crippen LogP contribution in [0.1, 0.15) is 71.1 Å². The van der Waals surface area contributed by atoms with Gasteiger partial charge in [-0.2, -0.15) is 5.90 Å². The Balaban J connectivity index is 2.96. The van der Waals surface area contributed by atoms with E-state index < -0.39 is 6.09 Å². The van der Waals surface area contributed by atoms with E-state index in [1.807, 2.05) is 0 Å². The Morgan fingerprint density at radius 1 is 0.941 bits per heavy atom. The van der Waals surface area contributed by atoms with Crippen molar-refractivity contribution in [3.63, 3.8) is 0 Å². The third-order valence-corrected chi connectivity index (χ3v) is 2.91. The van der Waals surface area contributed by atoms with E-state index in [2.05, 4.69) is 17.1 Å². The average Bonchev–Trinajstić information content (AvgIpc) is 2.35. The highest BCUT2D eigenvalue weighted by Gasteiger charge is 1.97. The molecule has 0 rings (SSSR count). The summed E-state index contributed by atoms with van der Waals surface area (Å²) in [5, 5.41) is 2.57. The van der Waals surface area contributed by atoms with Gasteiger partial charge in [-0.25, -0.2) is 4.79 Å². The lowest BCUT2D eigenvalue weighted by Gasteiger charge is -2.03. The van der Waals surface area contributed by atoms with Crippen LogP contribution in [0, 0.1) is 0 Å². The molecule has 0 spiro atoms. The monoisotopic (exact) mass is 244 g/mol. The minimum Gasteiger partial charge on any atom is -0.357 e. The average molecular weight is 244 g/mol. The topological polar surface area (TPSA) is 64.3 Å². The Bertz CT molecular complexity index is 175. The Morgan fingerprint density at radius 3 is 1.88 bits per heavy atom. The summed E-state index contributed by atoms with van der Waals surface area (Å²) in [6.07, 6.45) is 12.4. The van der Waals surface area contributed by atoms with Gasteiger partial charge in [-0.1, -0.05) is 64.7 Å². The summed E-state index contributed by atoms with van der Waals surface area (Å²) in [6.45, 7) is 2.90. The molecule has 0 saturated carbocycles. The van der Waals surface area contributed by atoms with Gasteiger partial charge in [0.25, 0.3) is 0 Å². The standard InChI is InChI=1S/C13H28N2O2/c1-2-3-4-5-6-7-8-9-10-11-12-15-13(16)17-14/h2-12,14H2,1H3,(H,15,16). The minimum atomic E-state index is -0.541. The Kier molecular flexibility index (Phi) is 12.7. The molecule has 0 saturated heterocycles. The molecule has 0 fully saturated rings. The van der Waals surface area contributed by atoms with Gasteiger partial charge in [0, 0.05) is 6.54 Å². The van der Waals surface area contributed by atoms with E-state index in [4.69, 9.17) is 5.90 Å². The van der Waals surface area contributed by atoms with Crippen LogP contribution in [0.15, 0.2) is 0 Å². The molecule has 0 aromatic heterocycles. The first kappa shape index (κ1) is 16.2. The van der Waals surface area contributed by atoms with Crippen LogP contribution in [0.5, 0.6) is 0 Å². The molecular formula is C13H28N2O2. The number of unbranched alkanes of at least 4 members (excludes halogenated alkanes) is 9. The molecule has 3 N–H and O–H groups in total. The molecule has 0 heterocycles. The largest absolute Gasteiger partial charge is 0.425 e. The molecule has 0 unspecified atom stereocenters. The second kappa shape index (κ2) is 13.3. The maximum absolute atomic E-state index is 10.6. The number of hydrogen-bond donors (Lipinski definition) is 2. The summed E-state index contributed by atoms with van der Waals surface area (Å²) >= 11 is 0. The van der Waals surface area contributed by atoms with Gasteiger partial charge in [-0.15, -0.1) is 0 Å². The minimum absolute atomic E-state index is 0.541. The van der Waals surface area contributed by atoms with Gasteiger partial charge in [0.15, 0.2) is 0 Å². The van der Waals surface area contributed by atoms with Crippen LogP contribution in [0.25, 0.3) is 0 Å². The van der Waals surface area contributed by atoms with Crippen LogP contribution in [0.3, 0.4) is 0 Å². The molecule has 17 heavy (non-hydrogen) atoms. The van der Waals surface area contributed by atoms with Crippen molar-refractivity contribution in [1.82, 2.24) is 5.32 Å². The predicted octanol–water partition coefficient (Wildman–Crippen LogP) is 3.51. The van der Waals surface area contributed by atoms with Gasteiger partial charge >= 0.3 is 6.09 Å². The highest BCUT2D eigenvalue weighted by atomic mass is 16.7. The third kappa shape index (κ3) is 13.2. The van der Waals surface area contributed by atoms with Crippen LogP contribution < -0.4 is 11.2 Å². The summed E-state index contributed by atoms with van der Waals surface area (Å²) in [4.78, 5) is 14.6. The zero-order valence-corrected chi connectivity index (χ0v) is 11.2. The first-order chi connectivity index (χ1) is 8.31. The van der Waals surface area contributed by atoms with Crippen molar-refractivity contribution in [2.75, 3.05) is 6.54 Å². The van der Waals surface area contributed by atoms with Gasteiger partial charge in [0.05, 0.1) is 0 Å². The maximum Gasteiger partial charge on any atom is 0.425 e. The zero-order chi connectivity index (χ0) is 12.8. The number of carbonyl (C=O) groups is 1. The molecule has 0 atom stereocenters. The van der Waals surface area contributed by atoms with E-state index in [0.717, 1.165) is 6.42 Å². The van der Waals surface area contributed by atoms with E-state index in [0.29, 0.717) is 6.54 Å². The smallest absolute Gasteiger partial charge is 0.357 e. The second-order valence-corrected chi connectivity index (χ2v) is 4.51. The fourth-order valence-electron chi connectivity index (χ4n) is 1.84. The lowest BCUT2D eigenvalue weighted by molar-refractivity contribution is 0.147. The Morgan fingerprint density at radius 2 is 1.41 bits per heavy atom. The lowest BCUT2D eigenvalue weighted by Crippen LogP contribution is -2.27. The number of nitrogens with two attached hydrogens (primary N) is 1. The van der Waals surface area contributed by atoms with Crippen molar-refractivity contribution in [1.29, 1.82) is 0 Å². The fourth-order valence-corrected chi connectivity index (χ4v) is 1.84. The van der Waals surface area contributed by atoms with Crippen LogP contribution in [-0.2, 0) is 4.84 Å². The molecule has 4 nitrogen and oxygen atoms in total. The van der Waals surface area contributed by atoms with Crippen LogP contribution >= 0.6 is 0 Å². The number of amides is 1. The molecule has 0 bridgehead atoms. The second-order valence-electron chi connectivity index (χ2n) is 4.51. The summed E-state index contributed by atoms with van der Waals surface area (Å²) < 4.78 is 0. The fraction of sp³-hybridized carbons (Fsp3) is 0.923. The number of nitrogens with one attached hydrogen (secondary N) is 1. The summed E-state index contributed by atoms with van der Waals surface area (Å²) in [5.74, 6) is 4.69. The highest BCUT2D eigenvalue weighted by molar-refractivity contribution is 5.66. The Hall–Kier alpha value is -0.770. The van der Waals surface area contributed by atoms with Crippen LogP contribution in [0.2, 0.25) is 0 Å². The molecule has 0 aromatic rings. The number of carbonyl (C=O) groups excluding carboxylic acids is 1. The highest BCUT2D eigenvalue weighted by Crippen LogP contribution is 2.10. The number of rotatable bonds is 11. The summed E-state index contributed by atoms with van der Waals surface area (Å²) in [7, 11) is 0. The van der Waals surface area contributed by atoms with Crippen molar-refractivity contribution in [3.05, 3.63) is 0 Å². The molecule has 0 radical (unpaired) electrons. The van der Waals surface area contributed by atoms with E-state index in [-0.39, 0.29) is 0 Å². The third-order valence-electron chi connectivity index (χ3n) is 2.91. The van der Waals surface area contributed by atoms with Crippen LogP contribution in [-0.4, -0.2) is 12.6 Å². The lowest BCUT2D eigenvalue weighted by atomic mass is 10.1. The molecule has 0 aliphatic rings. The first-order valence-electron chi connectivity index (χ1n) is 6.95. The van der Waals surface area contributed by atoms with Gasteiger partial charge in [0.1, 0.15) is 0 Å². The van der Waals surface area contributed by atoms with Crippen LogP contribution in [0.4, 0.5) is 4.79 Å². The van der Waals surface area contributed by atoms with Gasteiger partial charge < -0.3 is 10.2 Å². The molecule has 0 aliphatic carbocycles. The summed E-state index contributed by atoms with van der Waals surface area (Å²) in [5.41, 5.74) is 0. The molecule has 0 aliphatic heterocycles. The number of hydrogen-bond acceptors (Lipinski definition) is 3.